The lowest BCUT2D eigenvalue weighted by molar-refractivity contribution is 0.0281. The van der Waals surface area contributed by atoms with Crippen LogP contribution in [-0.4, -0.2) is 40.8 Å². The van der Waals surface area contributed by atoms with Gasteiger partial charge in [0.1, 0.15) is 5.82 Å². The van der Waals surface area contributed by atoms with Gasteiger partial charge in [-0.2, -0.15) is 0 Å². The Morgan fingerprint density at radius 2 is 2.42 bits per heavy atom. The number of pyridine rings is 1. The first-order valence-electron chi connectivity index (χ1n) is 6.61. The fraction of sp³-hybridized carbons (Fsp3) is 0.429. The zero-order valence-electron chi connectivity index (χ0n) is 11.0. The van der Waals surface area contributed by atoms with Gasteiger partial charge < -0.3 is 15.0 Å². The highest BCUT2D eigenvalue weighted by Crippen LogP contribution is 2.20. The highest BCUT2D eigenvalue weighted by Gasteiger charge is 2.17. The molecule has 1 unspecified atom stereocenters. The van der Waals surface area contributed by atoms with Crippen LogP contribution >= 0.6 is 0 Å². The van der Waals surface area contributed by atoms with E-state index in [9.17, 15) is 0 Å². The molecule has 0 amide bonds. The Balaban J connectivity index is 1.77. The standard InChI is InChI=1S/C14H18N4O/c1-10-14(11-3-2-4-15-8-11)18-13(17-10)7-12-9-16-5-6-19-12/h2-4,8,12,16H,5-7,9H2,1H3,(H,17,18). The summed E-state index contributed by atoms with van der Waals surface area (Å²) in [7, 11) is 0. The SMILES string of the molecule is Cc1[nH]c(CC2CNCCO2)nc1-c1cccnc1. The molecule has 0 bridgehead atoms. The zero-order chi connectivity index (χ0) is 13.1. The van der Waals surface area contributed by atoms with Crippen molar-refractivity contribution in [1.82, 2.24) is 20.3 Å². The second-order valence-electron chi connectivity index (χ2n) is 4.80. The number of nitrogens with one attached hydrogen (secondary N) is 2. The van der Waals surface area contributed by atoms with E-state index in [0.717, 1.165) is 48.9 Å². The summed E-state index contributed by atoms with van der Waals surface area (Å²) in [5, 5.41) is 3.33. The van der Waals surface area contributed by atoms with E-state index in [1.807, 2.05) is 25.3 Å². The first kappa shape index (κ1) is 12.3. The maximum atomic E-state index is 5.70. The molecule has 0 aromatic carbocycles. The van der Waals surface area contributed by atoms with E-state index in [4.69, 9.17) is 4.74 Å². The van der Waals surface area contributed by atoms with E-state index >= 15 is 0 Å². The lowest BCUT2D eigenvalue weighted by Crippen LogP contribution is -2.39. The number of ether oxygens (including phenoxy) is 1. The third kappa shape index (κ3) is 2.83. The fourth-order valence-corrected chi connectivity index (χ4v) is 2.37. The average Bonchev–Trinajstić information content (AvgIpc) is 2.82. The van der Waals surface area contributed by atoms with E-state index in [-0.39, 0.29) is 6.10 Å². The molecule has 5 heteroatoms. The number of hydrogen-bond acceptors (Lipinski definition) is 4. The lowest BCUT2D eigenvalue weighted by Gasteiger charge is -2.22. The van der Waals surface area contributed by atoms with Crippen molar-refractivity contribution in [2.45, 2.75) is 19.4 Å². The summed E-state index contributed by atoms with van der Waals surface area (Å²) < 4.78 is 5.70. The summed E-state index contributed by atoms with van der Waals surface area (Å²) in [6, 6.07) is 3.95. The van der Waals surface area contributed by atoms with E-state index in [1.165, 1.54) is 0 Å². The minimum absolute atomic E-state index is 0.209. The van der Waals surface area contributed by atoms with Crippen LogP contribution in [0.15, 0.2) is 24.5 Å². The Labute approximate surface area is 112 Å². The van der Waals surface area contributed by atoms with Crippen molar-refractivity contribution in [2.24, 2.45) is 0 Å². The fourth-order valence-electron chi connectivity index (χ4n) is 2.37. The molecule has 0 radical (unpaired) electrons. The van der Waals surface area contributed by atoms with Crippen LogP contribution in [0.25, 0.3) is 11.3 Å². The molecule has 0 spiro atoms. The van der Waals surface area contributed by atoms with Crippen LogP contribution in [0.2, 0.25) is 0 Å². The Bertz CT molecular complexity index is 532. The van der Waals surface area contributed by atoms with Crippen molar-refractivity contribution in [3.05, 3.63) is 36.0 Å². The molecule has 100 valence electrons. The van der Waals surface area contributed by atoms with Gasteiger partial charge in [0.15, 0.2) is 0 Å². The van der Waals surface area contributed by atoms with Gasteiger partial charge >= 0.3 is 0 Å². The number of aryl methyl sites for hydroxylation is 1. The molecule has 1 fully saturated rings. The molecule has 5 nitrogen and oxygen atoms in total. The van der Waals surface area contributed by atoms with Crippen LogP contribution < -0.4 is 5.32 Å². The highest BCUT2D eigenvalue weighted by molar-refractivity contribution is 5.60. The largest absolute Gasteiger partial charge is 0.375 e. The third-order valence-electron chi connectivity index (χ3n) is 3.29. The maximum absolute atomic E-state index is 5.70. The minimum atomic E-state index is 0.209. The number of rotatable bonds is 3. The van der Waals surface area contributed by atoms with Crippen LogP contribution in [0.1, 0.15) is 11.5 Å². The summed E-state index contributed by atoms with van der Waals surface area (Å²) in [6.45, 7) is 4.65. The van der Waals surface area contributed by atoms with Crippen LogP contribution in [0.3, 0.4) is 0 Å². The van der Waals surface area contributed by atoms with Gasteiger partial charge in [0, 0.05) is 43.2 Å². The van der Waals surface area contributed by atoms with Gasteiger partial charge in [0.05, 0.1) is 18.4 Å². The normalized spacial score (nSPS) is 19.5. The topological polar surface area (TPSA) is 62.8 Å². The summed E-state index contributed by atoms with van der Waals surface area (Å²) >= 11 is 0. The third-order valence-corrected chi connectivity index (χ3v) is 3.29. The molecular weight excluding hydrogens is 240 g/mol. The zero-order valence-corrected chi connectivity index (χ0v) is 11.0. The first-order chi connectivity index (χ1) is 9.33. The Morgan fingerprint density at radius 3 is 3.16 bits per heavy atom. The molecule has 19 heavy (non-hydrogen) atoms. The smallest absolute Gasteiger partial charge is 0.109 e. The van der Waals surface area contributed by atoms with Crippen molar-refractivity contribution in [2.75, 3.05) is 19.7 Å². The molecule has 1 aliphatic rings. The molecule has 2 aromatic heterocycles. The van der Waals surface area contributed by atoms with Gasteiger partial charge in [-0.1, -0.05) is 0 Å². The van der Waals surface area contributed by atoms with Gasteiger partial charge in [-0.05, 0) is 19.1 Å². The molecule has 0 aliphatic carbocycles. The number of aromatic amines is 1. The molecule has 1 aliphatic heterocycles. The Morgan fingerprint density at radius 1 is 1.47 bits per heavy atom. The molecule has 1 saturated heterocycles. The van der Waals surface area contributed by atoms with Crippen LogP contribution in [-0.2, 0) is 11.2 Å². The van der Waals surface area contributed by atoms with Crippen molar-refractivity contribution in [3.8, 4) is 11.3 Å². The monoisotopic (exact) mass is 258 g/mol. The van der Waals surface area contributed by atoms with Crippen molar-refractivity contribution in [3.63, 3.8) is 0 Å². The Hall–Kier alpha value is -1.72. The second kappa shape index (κ2) is 5.50. The molecule has 3 rings (SSSR count). The number of imidazole rings is 1. The van der Waals surface area contributed by atoms with Crippen molar-refractivity contribution in [1.29, 1.82) is 0 Å². The summed E-state index contributed by atoms with van der Waals surface area (Å²) in [6.07, 6.45) is 4.63. The number of nitrogens with zero attached hydrogens (tertiary/aromatic N) is 2. The molecule has 0 saturated carbocycles. The average molecular weight is 258 g/mol. The van der Waals surface area contributed by atoms with Gasteiger partial charge in [0.2, 0.25) is 0 Å². The van der Waals surface area contributed by atoms with E-state index in [2.05, 4.69) is 20.3 Å². The highest BCUT2D eigenvalue weighted by atomic mass is 16.5. The Kier molecular flexibility index (Phi) is 3.57. The van der Waals surface area contributed by atoms with Crippen molar-refractivity contribution >= 4 is 0 Å². The molecular formula is C14H18N4O. The second-order valence-corrected chi connectivity index (χ2v) is 4.80. The predicted molar refractivity (Wildman–Crippen MR) is 72.9 cm³/mol. The van der Waals surface area contributed by atoms with Crippen LogP contribution in [0.4, 0.5) is 0 Å². The van der Waals surface area contributed by atoms with E-state index < -0.39 is 0 Å². The molecule has 1 atom stereocenters. The molecule has 3 heterocycles. The first-order valence-corrected chi connectivity index (χ1v) is 6.61. The summed E-state index contributed by atoms with van der Waals surface area (Å²) in [5.41, 5.74) is 3.10. The number of morpholine rings is 1. The maximum Gasteiger partial charge on any atom is 0.109 e. The predicted octanol–water partition coefficient (Wildman–Crippen LogP) is 1.31. The van der Waals surface area contributed by atoms with Gasteiger partial charge in [0.25, 0.3) is 0 Å². The number of aromatic nitrogens is 3. The quantitative estimate of drug-likeness (QED) is 0.871. The van der Waals surface area contributed by atoms with Gasteiger partial charge in [-0.15, -0.1) is 0 Å². The summed E-state index contributed by atoms with van der Waals surface area (Å²) in [4.78, 5) is 12.2. The lowest BCUT2D eigenvalue weighted by atomic mass is 10.2. The summed E-state index contributed by atoms with van der Waals surface area (Å²) in [5.74, 6) is 0.977. The number of H-pyrrole nitrogens is 1. The number of hydrogen-bond donors (Lipinski definition) is 2. The van der Waals surface area contributed by atoms with Crippen molar-refractivity contribution < 1.29 is 4.74 Å². The van der Waals surface area contributed by atoms with Gasteiger partial charge in [-0.3, -0.25) is 4.98 Å². The van der Waals surface area contributed by atoms with Crippen LogP contribution in [0, 0.1) is 6.92 Å². The minimum Gasteiger partial charge on any atom is -0.375 e. The van der Waals surface area contributed by atoms with E-state index in [1.54, 1.807) is 6.20 Å². The van der Waals surface area contributed by atoms with Crippen LogP contribution in [0.5, 0.6) is 0 Å². The van der Waals surface area contributed by atoms with Gasteiger partial charge in [-0.25, -0.2) is 4.98 Å². The van der Waals surface area contributed by atoms with E-state index in [0.29, 0.717) is 0 Å². The molecule has 2 N–H and O–H groups in total. The molecule has 2 aromatic rings.